The largest absolute Gasteiger partial charge is 0.461 e. The Morgan fingerprint density at radius 2 is 1.93 bits per heavy atom. The molecule has 0 aliphatic rings. The van der Waals surface area contributed by atoms with Crippen molar-refractivity contribution in [3.05, 3.63) is 89.7 Å². The van der Waals surface area contributed by atoms with Gasteiger partial charge in [-0.3, -0.25) is 4.79 Å². The number of hydrogen-bond donors (Lipinski definition) is 1. The lowest BCUT2D eigenvalue weighted by atomic mass is 10.1. The molecule has 2 aromatic heterocycles. The van der Waals surface area contributed by atoms with Crippen molar-refractivity contribution in [3.63, 3.8) is 0 Å². The third-order valence-corrected chi connectivity index (χ3v) is 4.09. The minimum atomic E-state index is -0.257. The molecule has 0 unspecified atom stereocenters. The number of anilines is 1. The lowest BCUT2D eigenvalue weighted by Crippen LogP contribution is -2.17. The average molecular weight is 358 g/mol. The molecule has 0 amide bonds. The number of rotatable bonds is 5. The Kier molecular flexibility index (Phi) is 4.53. The fraction of sp³-hybridized carbons (Fsp3) is 0.0952. The normalized spacial score (nSPS) is 10.7. The van der Waals surface area contributed by atoms with E-state index in [0.717, 1.165) is 5.56 Å². The molecule has 6 heteroatoms. The van der Waals surface area contributed by atoms with Crippen LogP contribution >= 0.6 is 0 Å². The van der Waals surface area contributed by atoms with Gasteiger partial charge in [0.2, 0.25) is 11.8 Å². The summed E-state index contributed by atoms with van der Waals surface area (Å²) in [6, 6.07) is 20.7. The third-order valence-electron chi connectivity index (χ3n) is 4.09. The molecule has 0 saturated heterocycles. The molecule has 2 heterocycles. The molecule has 0 fully saturated rings. The summed E-state index contributed by atoms with van der Waals surface area (Å²) in [5.41, 5.74) is 2.80. The minimum Gasteiger partial charge on any atom is -0.461 e. The van der Waals surface area contributed by atoms with Crippen molar-refractivity contribution in [3.8, 4) is 11.6 Å². The molecule has 6 nitrogen and oxygen atoms in total. The van der Waals surface area contributed by atoms with Gasteiger partial charge in [-0.15, -0.1) is 5.10 Å². The monoisotopic (exact) mass is 358 g/mol. The lowest BCUT2D eigenvalue weighted by Gasteiger charge is -2.08. The Morgan fingerprint density at radius 1 is 1.07 bits per heavy atom. The average Bonchev–Trinajstić information content (AvgIpc) is 3.36. The molecule has 0 aliphatic carbocycles. The summed E-state index contributed by atoms with van der Waals surface area (Å²) in [4.78, 5) is 17.4. The van der Waals surface area contributed by atoms with Gasteiger partial charge in [-0.25, -0.2) is 0 Å². The summed E-state index contributed by atoms with van der Waals surface area (Å²) in [7, 11) is 0. The zero-order valence-electron chi connectivity index (χ0n) is 14.8. The van der Waals surface area contributed by atoms with Gasteiger partial charge in [-0.2, -0.15) is 9.67 Å². The Morgan fingerprint density at radius 3 is 2.67 bits per heavy atom. The van der Waals surface area contributed by atoms with E-state index in [1.807, 2.05) is 43.3 Å². The molecule has 0 spiro atoms. The summed E-state index contributed by atoms with van der Waals surface area (Å²) in [6.07, 6.45) is 1.55. The molecule has 0 saturated carbocycles. The van der Waals surface area contributed by atoms with Crippen LogP contribution in [0.4, 0.5) is 5.95 Å². The van der Waals surface area contributed by atoms with Gasteiger partial charge in [0.15, 0.2) is 5.76 Å². The first kappa shape index (κ1) is 16.8. The highest BCUT2D eigenvalue weighted by Crippen LogP contribution is 2.20. The maximum absolute atomic E-state index is 12.9. The second-order valence-electron chi connectivity index (χ2n) is 6.16. The standard InChI is InChI=1S/C21H18N4O2/c1-15-7-5-8-16(13-15)14-22-21-23-19(18-11-6-12-27-18)24-25(21)20(26)17-9-3-2-4-10-17/h2-13H,14H2,1H3,(H,22,23,24). The zero-order chi connectivity index (χ0) is 18.6. The van der Waals surface area contributed by atoms with Gasteiger partial charge in [0.05, 0.1) is 6.26 Å². The highest BCUT2D eigenvalue weighted by molar-refractivity contribution is 5.97. The summed E-state index contributed by atoms with van der Waals surface area (Å²) < 4.78 is 6.66. The number of benzene rings is 2. The van der Waals surface area contributed by atoms with Crippen molar-refractivity contribution in [2.75, 3.05) is 5.32 Å². The molecule has 1 N–H and O–H groups in total. The molecule has 4 aromatic rings. The van der Waals surface area contributed by atoms with Gasteiger partial charge in [0, 0.05) is 12.1 Å². The van der Waals surface area contributed by atoms with E-state index in [1.54, 1.807) is 30.5 Å². The first-order valence-corrected chi connectivity index (χ1v) is 8.61. The van der Waals surface area contributed by atoms with Gasteiger partial charge in [0.25, 0.3) is 5.91 Å². The van der Waals surface area contributed by atoms with E-state index in [1.165, 1.54) is 10.2 Å². The third kappa shape index (κ3) is 3.64. The fourth-order valence-corrected chi connectivity index (χ4v) is 2.78. The van der Waals surface area contributed by atoms with Crippen molar-refractivity contribution >= 4 is 11.9 Å². The second kappa shape index (κ2) is 7.29. The molecule has 0 bridgehead atoms. The van der Waals surface area contributed by atoms with Crippen molar-refractivity contribution < 1.29 is 9.21 Å². The quantitative estimate of drug-likeness (QED) is 0.580. The highest BCUT2D eigenvalue weighted by Gasteiger charge is 2.19. The summed E-state index contributed by atoms with van der Waals surface area (Å²) in [5.74, 6) is 0.980. The predicted molar refractivity (Wildman–Crippen MR) is 102 cm³/mol. The number of hydrogen-bond acceptors (Lipinski definition) is 5. The van der Waals surface area contributed by atoms with Gasteiger partial charge in [-0.05, 0) is 36.8 Å². The minimum absolute atomic E-state index is 0.257. The number of aromatic nitrogens is 3. The van der Waals surface area contributed by atoms with Crippen LogP contribution in [0.2, 0.25) is 0 Å². The molecular weight excluding hydrogens is 340 g/mol. The molecule has 4 rings (SSSR count). The van der Waals surface area contributed by atoms with Crippen LogP contribution in [-0.4, -0.2) is 20.7 Å². The van der Waals surface area contributed by atoms with Crippen LogP contribution in [0.5, 0.6) is 0 Å². The van der Waals surface area contributed by atoms with Crippen molar-refractivity contribution in [2.45, 2.75) is 13.5 Å². The van der Waals surface area contributed by atoms with Gasteiger partial charge < -0.3 is 9.73 Å². The van der Waals surface area contributed by atoms with E-state index in [4.69, 9.17) is 4.42 Å². The molecule has 27 heavy (non-hydrogen) atoms. The van der Waals surface area contributed by atoms with Crippen LogP contribution in [0.15, 0.2) is 77.4 Å². The molecule has 2 aromatic carbocycles. The van der Waals surface area contributed by atoms with Crippen LogP contribution in [0.1, 0.15) is 21.5 Å². The van der Waals surface area contributed by atoms with E-state index in [-0.39, 0.29) is 5.91 Å². The zero-order valence-corrected chi connectivity index (χ0v) is 14.8. The summed E-state index contributed by atoms with van der Waals surface area (Å²) in [5, 5.41) is 7.58. The first-order valence-electron chi connectivity index (χ1n) is 8.61. The van der Waals surface area contributed by atoms with E-state index >= 15 is 0 Å². The van der Waals surface area contributed by atoms with Gasteiger partial charge in [0.1, 0.15) is 0 Å². The number of nitrogens with zero attached hydrogens (tertiary/aromatic N) is 3. The van der Waals surface area contributed by atoms with E-state index in [9.17, 15) is 4.79 Å². The number of aryl methyl sites for hydroxylation is 1. The van der Waals surface area contributed by atoms with Crippen LogP contribution in [-0.2, 0) is 6.54 Å². The van der Waals surface area contributed by atoms with Crippen molar-refractivity contribution in [2.24, 2.45) is 0 Å². The number of nitrogens with one attached hydrogen (secondary N) is 1. The molecule has 0 atom stereocenters. The molecule has 0 aliphatic heterocycles. The van der Waals surface area contributed by atoms with Crippen LogP contribution in [0.3, 0.4) is 0 Å². The molecule has 134 valence electrons. The molecular formula is C21H18N4O2. The Labute approximate surface area is 156 Å². The number of furan rings is 1. The van der Waals surface area contributed by atoms with E-state index in [0.29, 0.717) is 29.6 Å². The van der Waals surface area contributed by atoms with Crippen molar-refractivity contribution in [1.29, 1.82) is 0 Å². The van der Waals surface area contributed by atoms with Crippen molar-refractivity contribution in [1.82, 2.24) is 14.8 Å². The Balaban J connectivity index is 1.67. The Bertz CT molecular complexity index is 1050. The number of carbonyl (C=O) groups is 1. The van der Waals surface area contributed by atoms with Crippen LogP contribution in [0.25, 0.3) is 11.6 Å². The maximum Gasteiger partial charge on any atom is 0.281 e. The topological polar surface area (TPSA) is 73.0 Å². The second-order valence-corrected chi connectivity index (χ2v) is 6.16. The predicted octanol–water partition coefficient (Wildman–Crippen LogP) is 4.15. The SMILES string of the molecule is Cc1cccc(CNc2nc(-c3ccco3)nn2C(=O)c2ccccc2)c1. The fourth-order valence-electron chi connectivity index (χ4n) is 2.78. The summed E-state index contributed by atoms with van der Waals surface area (Å²) in [6.45, 7) is 2.57. The smallest absolute Gasteiger partial charge is 0.281 e. The van der Waals surface area contributed by atoms with Crippen LogP contribution < -0.4 is 5.32 Å². The van der Waals surface area contributed by atoms with E-state index < -0.39 is 0 Å². The Hall–Kier alpha value is -3.67. The van der Waals surface area contributed by atoms with Gasteiger partial charge in [-0.1, -0.05) is 48.0 Å². The maximum atomic E-state index is 12.9. The highest BCUT2D eigenvalue weighted by atomic mass is 16.3. The number of carbonyl (C=O) groups excluding carboxylic acids is 1. The lowest BCUT2D eigenvalue weighted by molar-refractivity contribution is 0.0947. The van der Waals surface area contributed by atoms with Crippen LogP contribution in [0, 0.1) is 6.92 Å². The first-order chi connectivity index (χ1) is 13.2. The van der Waals surface area contributed by atoms with Gasteiger partial charge >= 0.3 is 0 Å². The summed E-state index contributed by atoms with van der Waals surface area (Å²) >= 11 is 0. The molecule has 0 radical (unpaired) electrons. The van der Waals surface area contributed by atoms with E-state index in [2.05, 4.69) is 21.5 Å².